The molecule has 0 unspecified atom stereocenters. The molecule has 174 valence electrons. The van der Waals surface area contributed by atoms with E-state index in [9.17, 15) is 9.59 Å². The van der Waals surface area contributed by atoms with Gasteiger partial charge in [-0.1, -0.05) is 27.7 Å². The zero-order valence-corrected chi connectivity index (χ0v) is 18.9. The minimum atomic E-state index is -0.141. The summed E-state index contributed by atoms with van der Waals surface area (Å²) < 4.78 is 26.4. The second-order valence-electron chi connectivity index (χ2n) is 5.88. The Balaban J connectivity index is 0. The summed E-state index contributed by atoms with van der Waals surface area (Å²) in [5.41, 5.74) is 0. The summed E-state index contributed by atoms with van der Waals surface area (Å²) in [6.45, 7) is 14.9. The van der Waals surface area contributed by atoms with E-state index >= 15 is 0 Å². The molecule has 0 aliphatic rings. The van der Waals surface area contributed by atoms with E-state index < -0.39 is 0 Å². The van der Waals surface area contributed by atoms with Gasteiger partial charge in [-0.3, -0.25) is 9.59 Å². The highest BCUT2D eigenvalue weighted by Gasteiger charge is 2.04. The van der Waals surface area contributed by atoms with Gasteiger partial charge in [0.15, 0.2) is 0 Å². The Morgan fingerprint density at radius 1 is 0.690 bits per heavy atom. The van der Waals surface area contributed by atoms with Crippen molar-refractivity contribution in [3.05, 3.63) is 0 Å². The van der Waals surface area contributed by atoms with Gasteiger partial charge in [-0.2, -0.15) is 0 Å². The standard InChI is InChI=1S/C18H36N2O7.C2H6/c1-4-23-15-17(21)19-5-7-24-9-11-26-13-14-27-12-10-25-8-6-20-18(22)16(2)3;1-2/h16H,4-15H2,1-3H3,(H,19,21)(H,20,22);1-2H3. The van der Waals surface area contributed by atoms with E-state index in [1.54, 1.807) is 0 Å². The predicted octanol–water partition coefficient (Wildman–Crippen LogP) is 1.00. The first-order valence-corrected chi connectivity index (χ1v) is 10.5. The maximum atomic E-state index is 11.3. The molecule has 0 fully saturated rings. The van der Waals surface area contributed by atoms with Crippen LogP contribution in [0.25, 0.3) is 0 Å². The molecular weight excluding hydrogens is 380 g/mol. The summed E-state index contributed by atoms with van der Waals surface area (Å²) in [7, 11) is 0. The van der Waals surface area contributed by atoms with Crippen molar-refractivity contribution in [1.29, 1.82) is 0 Å². The van der Waals surface area contributed by atoms with E-state index in [0.717, 1.165) is 0 Å². The van der Waals surface area contributed by atoms with Crippen molar-refractivity contribution >= 4 is 11.8 Å². The average molecular weight is 423 g/mol. The van der Waals surface area contributed by atoms with Gasteiger partial charge in [0, 0.05) is 25.6 Å². The van der Waals surface area contributed by atoms with Crippen molar-refractivity contribution in [2.24, 2.45) is 5.92 Å². The third-order valence-electron chi connectivity index (χ3n) is 3.19. The van der Waals surface area contributed by atoms with Gasteiger partial charge in [0.25, 0.3) is 0 Å². The Kier molecular flexibility index (Phi) is 25.6. The molecule has 0 atom stereocenters. The molecule has 0 heterocycles. The van der Waals surface area contributed by atoms with Crippen molar-refractivity contribution in [2.75, 3.05) is 79.2 Å². The first-order chi connectivity index (χ1) is 14.1. The molecule has 0 aromatic heterocycles. The fraction of sp³-hybridized carbons (Fsp3) is 0.900. The third-order valence-corrected chi connectivity index (χ3v) is 3.19. The Bertz CT molecular complexity index is 369. The van der Waals surface area contributed by atoms with Crippen molar-refractivity contribution in [1.82, 2.24) is 10.6 Å². The van der Waals surface area contributed by atoms with Crippen LogP contribution in [0.2, 0.25) is 0 Å². The second kappa shape index (κ2) is 24.8. The number of amides is 2. The number of nitrogens with one attached hydrogen (secondary N) is 2. The summed E-state index contributed by atoms with van der Waals surface area (Å²) in [5.74, 6) is -0.120. The SMILES string of the molecule is CC.CCOCC(=O)NCCOCCOCCOCCOCCNC(=O)C(C)C. The van der Waals surface area contributed by atoms with E-state index in [0.29, 0.717) is 72.6 Å². The smallest absolute Gasteiger partial charge is 0.246 e. The van der Waals surface area contributed by atoms with E-state index in [4.69, 9.17) is 23.7 Å². The van der Waals surface area contributed by atoms with Crippen LogP contribution >= 0.6 is 0 Å². The van der Waals surface area contributed by atoms with Crippen molar-refractivity contribution in [2.45, 2.75) is 34.6 Å². The van der Waals surface area contributed by atoms with Crippen LogP contribution < -0.4 is 10.6 Å². The lowest BCUT2D eigenvalue weighted by Gasteiger charge is -2.09. The molecule has 9 nitrogen and oxygen atoms in total. The van der Waals surface area contributed by atoms with E-state index in [1.807, 2.05) is 34.6 Å². The van der Waals surface area contributed by atoms with Gasteiger partial charge in [-0.25, -0.2) is 0 Å². The summed E-state index contributed by atoms with van der Waals surface area (Å²) in [6.07, 6.45) is 0. The van der Waals surface area contributed by atoms with Crippen LogP contribution in [-0.4, -0.2) is 91.0 Å². The lowest BCUT2D eigenvalue weighted by atomic mass is 10.2. The number of rotatable bonds is 19. The zero-order valence-electron chi connectivity index (χ0n) is 18.9. The van der Waals surface area contributed by atoms with Gasteiger partial charge >= 0.3 is 0 Å². The van der Waals surface area contributed by atoms with Crippen LogP contribution in [0.5, 0.6) is 0 Å². The summed E-state index contributed by atoms with van der Waals surface area (Å²) in [4.78, 5) is 22.5. The molecule has 0 saturated heterocycles. The molecule has 0 bridgehead atoms. The maximum absolute atomic E-state index is 11.3. The number of carbonyl (C=O) groups is 2. The first kappa shape index (κ1) is 29.9. The fourth-order valence-corrected chi connectivity index (χ4v) is 1.72. The normalized spacial score (nSPS) is 10.4. The van der Waals surface area contributed by atoms with Crippen molar-refractivity contribution in [3.63, 3.8) is 0 Å². The molecule has 0 aromatic rings. The van der Waals surface area contributed by atoms with Gasteiger partial charge in [-0.05, 0) is 6.92 Å². The van der Waals surface area contributed by atoms with Crippen molar-refractivity contribution in [3.8, 4) is 0 Å². The molecule has 0 rings (SSSR count). The highest BCUT2D eigenvalue weighted by atomic mass is 16.6. The maximum Gasteiger partial charge on any atom is 0.246 e. The minimum absolute atomic E-state index is 0.00903. The van der Waals surface area contributed by atoms with E-state index in [2.05, 4.69) is 10.6 Å². The average Bonchev–Trinajstić information content (AvgIpc) is 2.73. The minimum Gasteiger partial charge on any atom is -0.377 e. The highest BCUT2D eigenvalue weighted by Crippen LogP contribution is 1.89. The third kappa shape index (κ3) is 24.7. The van der Waals surface area contributed by atoms with Crippen LogP contribution in [0.1, 0.15) is 34.6 Å². The molecule has 9 heteroatoms. The summed E-state index contributed by atoms with van der Waals surface area (Å²) in [5, 5.41) is 5.47. The monoisotopic (exact) mass is 422 g/mol. The Morgan fingerprint density at radius 2 is 1.10 bits per heavy atom. The van der Waals surface area contributed by atoms with Gasteiger partial charge in [-0.15, -0.1) is 0 Å². The summed E-state index contributed by atoms with van der Waals surface area (Å²) >= 11 is 0. The van der Waals surface area contributed by atoms with Gasteiger partial charge in [0.1, 0.15) is 6.61 Å². The zero-order chi connectivity index (χ0) is 22.2. The second-order valence-corrected chi connectivity index (χ2v) is 5.88. The fourth-order valence-electron chi connectivity index (χ4n) is 1.72. The van der Waals surface area contributed by atoms with Gasteiger partial charge < -0.3 is 34.3 Å². The predicted molar refractivity (Wildman–Crippen MR) is 112 cm³/mol. The molecule has 0 aliphatic heterocycles. The first-order valence-electron chi connectivity index (χ1n) is 10.5. The van der Waals surface area contributed by atoms with Crippen molar-refractivity contribution < 1.29 is 33.3 Å². The number of ether oxygens (including phenoxy) is 5. The largest absolute Gasteiger partial charge is 0.377 e. The van der Waals surface area contributed by atoms with Crippen LogP contribution in [0, 0.1) is 5.92 Å². The molecular formula is C20H42N2O7. The molecule has 2 N–H and O–H groups in total. The number of carbonyl (C=O) groups excluding carboxylic acids is 2. The molecule has 2 amide bonds. The van der Waals surface area contributed by atoms with Crippen LogP contribution in [0.4, 0.5) is 0 Å². The summed E-state index contributed by atoms with van der Waals surface area (Å²) in [6, 6.07) is 0. The molecule has 29 heavy (non-hydrogen) atoms. The molecule has 0 aromatic carbocycles. The quantitative estimate of drug-likeness (QED) is 0.299. The van der Waals surface area contributed by atoms with Crippen LogP contribution in [0.15, 0.2) is 0 Å². The van der Waals surface area contributed by atoms with Crippen LogP contribution in [0.3, 0.4) is 0 Å². The molecule has 0 spiro atoms. The number of hydrogen-bond acceptors (Lipinski definition) is 7. The number of hydrogen-bond donors (Lipinski definition) is 2. The van der Waals surface area contributed by atoms with Crippen LogP contribution in [-0.2, 0) is 33.3 Å². The Hall–Kier alpha value is -1.26. The lowest BCUT2D eigenvalue weighted by molar-refractivity contribution is -0.126. The Morgan fingerprint density at radius 3 is 1.52 bits per heavy atom. The molecule has 0 aliphatic carbocycles. The van der Waals surface area contributed by atoms with E-state index in [-0.39, 0.29) is 24.3 Å². The van der Waals surface area contributed by atoms with Gasteiger partial charge in [0.05, 0.1) is 52.9 Å². The lowest BCUT2D eigenvalue weighted by Crippen LogP contribution is -2.31. The Labute approximate surface area is 176 Å². The highest BCUT2D eigenvalue weighted by molar-refractivity contribution is 5.77. The van der Waals surface area contributed by atoms with Gasteiger partial charge in [0.2, 0.25) is 11.8 Å². The van der Waals surface area contributed by atoms with E-state index in [1.165, 1.54) is 0 Å². The molecule has 0 saturated carbocycles. The molecule has 0 radical (unpaired) electrons. The topological polar surface area (TPSA) is 104 Å².